The van der Waals surface area contributed by atoms with Gasteiger partial charge in [0.1, 0.15) is 11.5 Å². The molecule has 1 aromatic rings. The molecule has 0 saturated carbocycles. The zero-order valence-corrected chi connectivity index (χ0v) is 12.3. The molecule has 0 amide bonds. The van der Waals surface area contributed by atoms with Crippen LogP contribution in [0.15, 0.2) is 12.1 Å². The molecule has 1 saturated heterocycles. The number of rotatable bonds is 5. The third-order valence-electron chi connectivity index (χ3n) is 4.04. The molecule has 1 atom stereocenters. The van der Waals surface area contributed by atoms with Crippen LogP contribution in [0.5, 0.6) is 11.5 Å². The summed E-state index contributed by atoms with van der Waals surface area (Å²) < 4.78 is 10.9. The minimum absolute atomic E-state index is 0.667. The monoisotopic (exact) mass is 263 g/mol. The Hall–Kier alpha value is -1.22. The maximum absolute atomic E-state index is 5.56. The van der Waals surface area contributed by atoms with Crippen LogP contribution < -0.4 is 14.8 Å². The largest absolute Gasteiger partial charge is 0.496 e. The molecule has 1 unspecified atom stereocenters. The lowest BCUT2D eigenvalue weighted by Gasteiger charge is -2.24. The molecular formula is C16H25NO2. The molecule has 3 nitrogen and oxygen atoms in total. The maximum Gasteiger partial charge on any atom is 0.128 e. The smallest absolute Gasteiger partial charge is 0.128 e. The lowest BCUT2D eigenvalue weighted by Crippen LogP contribution is -2.34. The fraction of sp³-hybridized carbons (Fsp3) is 0.625. The predicted octanol–water partition coefficient (Wildman–Crippen LogP) is 3.09. The van der Waals surface area contributed by atoms with Crippen molar-refractivity contribution in [2.45, 2.75) is 45.1 Å². The second kappa shape index (κ2) is 6.80. The number of piperidine rings is 1. The molecule has 1 N–H and O–H groups in total. The van der Waals surface area contributed by atoms with Gasteiger partial charge in [0.05, 0.1) is 14.2 Å². The molecule has 0 bridgehead atoms. The van der Waals surface area contributed by atoms with Crippen LogP contribution in [0.3, 0.4) is 0 Å². The Morgan fingerprint density at radius 1 is 1.21 bits per heavy atom. The van der Waals surface area contributed by atoms with Crippen molar-refractivity contribution in [1.82, 2.24) is 5.32 Å². The number of nitrogens with one attached hydrogen (secondary N) is 1. The summed E-state index contributed by atoms with van der Waals surface area (Å²) in [4.78, 5) is 0. The fourth-order valence-electron chi connectivity index (χ4n) is 2.93. The van der Waals surface area contributed by atoms with Crippen LogP contribution in [0.2, 0.25) is 0 Å². The molecule has 1 heterocycles. The highest BCUT2D eigenvalue weighted by Crippen LogP contribution is 2.32. The normalized spacial score (nSPS) is 19.2. The molecular weight excluding hydrogens is 238 g/mol. The molecule has 0 radical (unpaired) electrons. The Balaban J connectivity index is 2.04. The van der Waals surface area contributed by atoms with Gasteiger partial charge in [-0.25, -0.2) is 0 Å². The van der Waals surface area contributed by atoms with Crippen LogP contribution in [0.4, 0.5) is 0 Å². The Bertz CT molecular complexity index is 411. The average Bonchev–Trinajstić information content (AvgIpc) is 2.46. The predicted molar refractivity (Wildman–Crippen MR) is 78.2 cm³/mol. The van der Waals surface area contributed by atoms with Crippen LogP contribution in [-0.2, 0) is 6.42 Å². The van der Waals surface area contributed by atoms with Crippen molar-refractivity contribution < 1.29 is 9.47 Å². The number of methoxy groups -OCH3 is 2. The first-order chi connectivity index (χ1) is 9.26. The molecule has 1 fully saturated rings. The summed E-state index contributed by atoms with van der Waals surface area (Å²) in [5.41, 5.74) is 2.38. The highest BCUT2D eigenvalue weighted by Gasteiger charge is 2.15. The van der Waals surface area contributed by atoms with E-state index in [4.69, 9.17) is 9.47 Å². The highest BCUT2D eigenvalue weighted by molar-refractivity contribution is 5.49. The summed E-state index contributed by atoms with van der Waals surface area (Å²) in [6.45, 7) is 3.23. The standard InChI is InChI=1S/C16H25NO2/c1-12-15(18-2)10-8-13(16(12)19-3)7-9-14-6-4-5-11-17-14/h8,10,14,17H,4-7,9,11H2,1-3H3. The van der Waals surface area contributed by atoms with E-state index >= 15 is 0 Å². The van der Waals surface area contributed by atoms with Crippen molar-refractivity contribution in [1.29, 1.82) is 0 Å². The maximum atomic E-state index is 5.56. The van der Waals surface area contributed by atoms with E-state index < -0.39 is 0 Å². The summed E-state index contributed by atoms with van der Waals surface area (Å²) in [6, 6.07) is 4.84. The van der Waals surface area contributed by atoms with E-state index in [0.717, 1.165) is 23.5 Å². The zero-order valence-electron chi connectivity index (χ0n) is 12.3. The van der Waals surface area contributed by atoms with E-state index in [1.807, 2.05) is 6.07 Å². The van der Waals surface area contributed by atoms with Gasteiger partial charge in [-0.2, -0.15) is 0 Å². The molecule has 2 rings (SSSR count). The van der Waals surface area contributed by atoms with Crippen LogP contribution in [0.25, 0.3) is 0 Å². The number of hydrogen-bond donors (Lipinski definition) is 1. The summed E-state index contributed by atoms with van der Waals surface area (Å²) in [5, 5.41) is 3.60. The molecule has 19 heavy (non-hydrogen) atoms. The summed E-state index contributed by atoms with van der Waals surface area (Å²) in [7, 11) is 3.44. The van der Waals surface area contributed by atoms with Gasteiger partial charge in [-0.05, 0) is 50.8 Å². The number of benzene rings is 1. The SMILES string of the molecule is COc1ccc(CCC2CCCCN2)c(OC)c1C. The van der Waals surface area contributed by atoms with E-state index in [0.29, 0.717) is 6.04 Å². The topological polar surface area (TPSA) is 30.5 Å². The average molecular weight is 263 g/mol. The molecule has 1 aliphatic heterocycles. The summed E-state index contributed by atoms with van der Waals surface area (Å²) in [6.07, 6.45) is 6.23. The van der Waals surface area contributed by atoms with Crippen LogP contribution >= 0.6 is 0 Å². The number of ether oxygens (including phenoxy) is 2. The minimum Gasteiger partial charge on any atom is -0.496 e. The van der Waals surface area contributed by atoms with Crippen molar-refractivity contribution >= 4 is 0 Å². The molecule has 1 aromatic carbocycles. The molecule has 106 valence electrons. The molecule has 0 spiro atoms. The van der Waals surface area contributed by atoms with Gasteiger partial charge in [-0.1, -0.05) is 12.5 Å². The third kappa shape index (κ3) is 3.41. The van der Waals surface area contributed by atoms with Crippen molar-refractivity contribution in [2.75, 3.05) is 20.8 Å². The van der Waals surface area contributed by atoms with Gasteiger partial charge in [0.25, 0.3) is 0 Å². The van der Waals surface area contributed by atoms with Gasteiger partial charge in [0.2, 0.25) is 0 Å². The summed E-state index contributed by atoms with van der Waals surface area (Å²) in [5.74, 6) is 1.88. The first-order valence-electron chi connectivity index (χ1n) is 7.20. The van der Waals surface area contributed by atoms with Gasteiger partial charge >= 0.3 is 0 Å². The Kier molecular flexibility index (Phi) is 5.08. The molecule has 0 aromatic heterocycles. The van der Waals surface area contributed by atoms with Crippen LogP contribution in [-0.4, -0.2) is 26.8 Å². The van der Waals surface area contributed by atoms with Crippen molar-refractivity contribution in [3.63, 3.8) is 0 Å². The second-order valence-corrected chi connectivity index (χ2v) is 5.27. The van der Waals surface area contributed by atoms with Crippen molar-refractivity contribution in [3.8, 4) is 11.5 Å². The van der Waals surface area contributed by atoms with E-state index in [2.05, 4.69) is 18.3 Å². The van der Waals surface area contributed by atoms with E-state index in [1.54, 1.807) is 14.2 Å². The van der Waals surface area contributed by atoms with Crippen molar-refractivity contribution in [3.05, 3.63) is 23.3 Å². The number of hydrogen-bond acceptors (Lipinski definition) is 3. The first-order valence-corrected chi connectivity index (χ1v) is 7.20. The van der Waals surface area contributed by atoms with Gasteiger partial charge < -0.3 is 14.8 Å². The molecule has 0 aliphatic carbocycles. The summed E-state index contributed by atoms with van der Waals surface area (Å²) >= 11 is 0. The minimum atomic E-state index is 0.667. The molecule has 3 heteroatoms. The van der Waals surface area contributed by atoms with Gasteiger partial charge in [-0.15, -0.1) is 0 Å². The zero-order chi connectivity index (χ0) is 13.7. The lowest BCUT2D eigenvalue weighted by atomic mass is 9.96. The van der Waals surface area contributed by atoms with Gasteiger partial charge in [0, 0.05) is 11.6 Å². The van der Waals surface area contributed by atoms with E-state index in [-0.39, 0.29) is 0 Å². The van der Waals surface area contributed by atoms with Gasteiger partial charge in [-0.3, -0.25) is 0 Å². The Morgan fingerprint density at radius 2 is 2.05 bits per heavy atom. The number of aryl methyl sites for hydroxylation is 1. The third-order valence-corrected chi connectivity index (χ3v) is 4.04. The first kappa shape index (κ1) is 14.2. The second-order valence-electron chi connectivity index (χ2n) is 5.27. The molecule has 1 aliphatic rings. The lowest BCUT2D eigenvalue weighted by molar-refractivity contribution is 0.371. The van der Waals surface area contributed by atoms with Gasteiger partial charge in [0.15, 0.2) is 0 Å². The Morgan fingerprint density at radius 3 is 2.68 bits per heavy atom. The Labute approximate surface area is 116 Å². The van der Waals surface area contributed by atoms with E-state index in [9.17, 15) is 0 Å². The van der Waals surface area contributed by atoms with Crippen LogP contribution in [0, 0.1) is 6.92 Å². The van der Waals surface area contributed by atoms with Crippen molar-refractivity contribution in [2.24, 2.45) is 0 Å². The fourth-order valence-corrected chi connectivity index (χ4v) is 2.93. The van der Waals surface area contributed by atoms with Crippen LogP contribution in [0.1, 0.15) is 36.8 Å². The van der Waals surface area contributed by atoms with E-state index in [1.165, 1.54) is 37.8 Å². The quantitative estimate of drug-likeness (QED) is 0.885. The highest BCUT2D eigenvalue weighted by atomic mass is 16.5.